The average molecular weight is 519 g/mol. The van der Waals surface area contributed by atoms with Crippen LogP contribution in [0.5, 0.6) is 5.75 Å². The van der Waals surface area contributed by atoms with Crippen LogP contribution in [0.25, 0.3) is 11.1 Å². The number of aliphatic hydroxyl groups is 1. The van der Waals surface area contributed by atoms with E-state index in [1.807, 2.05) is 44.2 Å². The number of ether oxygens (including phenoxy) is 2. The molecule has 8 heteroatoms. The van der Waals surface area contributed by atoms with Crippen LogP contribution in [-0.4, -0.2) is 46.6 Å². The summed E-state index contributed by atoms with van der Waals surface area (Å²) in [4.78, 5) is 15.6. The Hall–Kier alpha value is -3.49. The zero-order valence-electron chi connectivity index (χ0n) is 21.4. The van der Waals surface area contributed by atoms with Crippen molar-refractivity contribution in [2.75, 3.05) is 18.5 Å². The van der Waals surface area contributed by atoms with Gasteiger partial charge in [-0.15, -0.1) is 0 Å². The number of nitrogens with one attached hydrogen (secondary N) is 1. The number of anilines is 1. The maximum absolute atomic E-state index is 15.2. The number of hydrogen-bond acceptors (Lipinski definition) is 6. The summed E-state index contributed by atoms with van der Waals surface area (Å²) in [5, 5.41) is 22.7. The van der Waals surface area contributed by atoms with Crippen molar-refractivity contribution >= 4 is 11.7 Å². The van der Waals surface area contributed by atoms with Gasteiger partial charge in [-0.25, -0.2) is 4.39 Å². The molecule has 7 nitrogen and oxygen atoms in total. The first kappa shape index (κ1) is 24.8. The van der Waals surface area contributed by atoms with Crippen LogP contribution in [0.2, 0.25) is 0 Å². The summed E-state index contributed by atoms with van der Waals surface area (Å²) in [7, 11) is 0. The number of hydrogen-bond donors (Lipinski definition) is 3. The summed E-state index contributed by atoms with van der Waals surface area (Å²) in [5.74, 6) is -0.674. The first-order valence-electron chi connectivity index (χ1n) is 13.1. The van der Waals surface area contributed by atoms with Crippen LogP contribution in [-0.2, 0) is 16.0 Å². The summed E-state index contributed by atoms with van der Waals surface area (Å²) < 4.78 is 26.5. The second kappa shape index (κ2) is 9.67. The Labute approximate surface area is 220 Å². The van der Waals surface area contributed by atoms with E-state index in [0.29, 0.717) is 24.3 Å². The van der Waals surface area contributed by atoms with Crippen LogP contribution in [0.3, 0.4) is 0 Å². The van der Waals surface area contributed by atoms with Gasteiger partial charge in [0.25, 0.3) is 0 Å². The summed E-state index contributed by atoms with van der Waals surface area (Å²) in [6.07, 6.45) is 2.83. The highest BCUT2D eigenvalue weighted by atomic mass is 19.1. The molecule has 2 aliphatic carbocycles. The summed E-state index contributed by atoms with van der Waals surface area (Å²) in [6, 6.07) is 10.9. The number of halogens is 1. The molecule has 3 aromatic rings. The van der Waals surface area contributed by atoms with Gasteiger partial charge < -0.3 is 25.0 Å². The van der Waals surface area contributed by atoms with Crippen molar-refractivity contribution in [1.29, 1.82) is 0 Å². The smallest absolute Gasteiger partial charge is 0.307 e. The van der Waals surface area contributed by atoms with Crippen LogP contribution >= 0.6 is 0 Å². The van der Waals surface area contributed by atoms with Crippen LogP contribution in [0, 0.1) is 25.6 Å². The Kier molecular flexibility index (Phi) is 6.32. The first-order chi connectivity index (χ1) is 18.3. The number of nitrogens with zero attached hydrogens (tertiary/aromatic N) is 1. The maximum atomic E-state index is 15.2. The third kappa shape index (κ3) is 4.52. The van der Waals surface area contributed by atoms with Crippen molar-refractivity contribution < 1.29 is 28.9 Å². The minimum Gasteiger partial charge on any atom is -0.485 e. The fourth-order valence-corrected chi connectivity index (χ4v) is 6.03. The second-order valence-corrected chi connectivity index (χ2v) is 10.7. The van der Waals surface area contributed by atoms with E-state index in [2.05, 4.69) is 10.3 Å². The average Bonchev–Trinajstić information content (AvgIpc) is 3.43. The standard InChI is InChI=1S/C30H31FN2O5/c1-15-9-18(38-27-14-37-13-26(27)34)10-16(2)28(15)19-4-6-23(31)29-20(19)5-8-25(29)33-17-3-7-24(32-12-17)21-11-22(21)30(35)36/h3-4,6-7,9-10,12,21-22,25-27,33-34H,5,8,11,13-14H2,1-2H3,(H,35,36)/t21-,22-,25-,26-,27-/m1/s1. The lowest BCUT2D eigenvalue weighted by Gasteiger charge is -2.20. The Morgan fingerprint density at radius 2 is 1.95 bits per heavy atom. The number of aliphatic carboxylic acids is 1. The molecule has 1 aliphatic heterocycles. The van der Waals surface area contributed by atoms with E-state index in [0.717, 1.165) is 52.0 Å². The highest BCUT2D eigenvalue weighted by molar-refractivity contribution is 5.77. The molecule has 0 unspecified atom stereocenters. The number of carboxylic acid groups (broad SMARTS) is 1. The van der Waals surface area contributed by atoms with Crippen molar-refractivity contribution in [3.8, 4) is 16.9 Å². The topological polar surface area (TPSA) is 101 Å². The number of fused-ring (bicyclic) bond motifs is 1. The number of benzene rings is 2. The van der Waals surface area contributed by atoms with Crippen LogP contribution in [0.15, 0.2) is 42.6 Å². The van der Waals surface area contributed by atoms with E-state index in [4.69, 9.17) is 9.47 Å². The Balaban J connectivity index is 1.24. The molecule has 0 spiro atoms. The monoisotopic (exact) mass is 518 g/mol. The molecule has 2 heterocycles. The number of aliphatic hydroxyl groups excluding tert-OH is 1. The van der Waals surface area contributed by atoms with Gasteiger partial charge in [0.15, 0.2) is 0 Å². The van der Waals surface area contributed by atoms with E-state index in [1.54, 1.807) is 12.3 Å². The number of rotatable bonds is 7. The van der Waals surface area contributed by atoms with E-state index in [1.165, 1.54) is 0 Å². The second-order valence-electron chi connectivity index (χ2n) is 10.7. The number of carboxylic acids is 1. The van der Waals surface area contributed by atoms with Crippen molar-refractivity contribution in [1.82, 2.24) is 4.98 Å². The summed E-state index contributed by atoms with van der Waals surface area (Å²) in [6.45, 7) is 4.70. The van der Waals surface area contributed by atoms with Crippen molar-refractivity contribution in [2.24, 2.45) is 5.92 Å². The highest BCUT2D eigenvalue weighted by Crippen LogP contribution is 2.47. The summed E-state index contributed by atoms with van der Waals surface area (Å²) in [5.41, 5.74) is 7.42. The largest absolute Gasteiger partial charge is 0.485 e. The Bertz CT molecular complexity index is 1370. The lowest BCUT2D eigenvalue weighted by atomic mass is 9.90. The predicted octanol–water partition coefficient (Wildman–Crippen LogP) is 4.93. The van der Waals surface area contributed by atoms with Gasteiger partial charge in [-0.3, -0.25) is 9.78 Å². The fraction of sp³-hybridized carbons (Fsp3) is 0.400. The third-order valence-corrected chi connectivity index (χ3v) is 8.01. The van der Waals surface area contributed by atoms with E-state index >= 15 is 4.39 Å². The molecule has 198 valence electrons. The molecule has 38 heavy (non-hydrogen) atoms. The molecule has 2 aromatic carbocycles. The number of pyridine rings is 1. The van der Waals surface area contributed by atoms with Crippen molar-refractivity contribution in [2.45, 2.75) is 57.3 Å². The molecule has 3 aliphatic rings. The SMILES string of the molecule is Cc1cc(O[C@@H]2COC[C@H]2O)cc(C)c1-c1ccc(F)c2c1CC[C@H]2Nc1ccc([C@@H]2C[C@H]2C(=O)O)nc1. The lowest BCUT2D eigenvalue weighted by molar-refractivity contribution is -0.138. The van der Waals surface area contributed by atoms with Crippen molar-refractivity contribution in [3.05, 3.63) is 76.4 Å². The van der Waals surface area contributed by atoms with Gasteiger partial charge in [0.1, 0.15) is 23.8 Å². The molecular formula is C30H31FN2O5. The van der Waals surface area contributed by atoms with Crippen LogP contribution in [0.4, 0.5) is 10.1 Å². The third-order valence-electron chi connectivity index (χ3n) is 8.01. The Morgan fingerprint density at radius 3 is 2.58 bits per heavy atom. The lowest BCUT2D eigenvalue weighted by Crippen LogP contribution is -2.29. The van der Waals surface area contributed by atoms with Gasteiger partial charge >= 0.3 is 5.97 Å². The van der Waals surface area contributed by atoms with Crippen molar-refractivity contribution in [3.63, 3.8) is 0 Å². The fourth-order valence-electron chi connectivity index (χ4n) is 6.03. The molecule has 1 saturated carbocycles. The van der Waals surface area contributed by atoms with Gasteiger partial charge in [0.2, 0.25) is 0 Å². The number of carbonyl (C=O) groups is 1. The quantitative estimate of drug-likeness (QED) is 0.408. The molecule has 0 bridgehead atoms. The van der Waals surface area contributed by atoms with E-state index in [-0.39, 0.29) is 36.4 Å². The maximum Gasteiger partial charge on any atom is 0.307 e. The Morgan fingerprint density at radius 1 is 1.16 bits per heavy atom. The minimum atomic E-state index is -0.775. The zero-order valence-corrected chi connectivity index (χ0v) is 21.4. The molecule has 6 rings (SSSR count). The zero-order chi connectivity index (χ0) is 26.6. The summed E-state index contributed by atoms with van der Waals surface area (Å²) >= 11 is 0. The van der Waals surface area contributed by atoms with Gasteiger partial charge in [0, 0.05) is 17.2 Å². The normalized spacial score (nSPS) is 25.7. The number of aryl methyl sites for hydroxylation is 2. The van der Waals surface area contributed by atoms with Gasteiger partial charge in [-0.05, 0) is 91.3 Å². The molecule has 1 saturated heterocycles. The van der Waals surface area contributed by atoms with Gasteiger partial charge in [0.05, 0.1) is 37.1 Å². The van der Waals surface area contributed by atoms with Crippen LogP contribution < -0.4 is 10.1 Å². The first-order valence-corrected chi connectivity index (χ1v) is 13.1. The highest BCUT2D eigenvalue weighted by Gasteiger charge is 2.45. The van der Waals surface area contributed by atoms with Gasteiger partial charge in [-0.1, -0.05) is 6.07 Å². The molecule has 5 atom stereocenters. The molecule has 3 N–H and O–H groups in total. The van der Waals surface area contributed by atoms with E-state index in [9.17, 15) is 15.0 Å². The molecule has 2 fully saturated rings. The molecule has 0 amide bonds. The predicted molar refractivity (Wildman–Crippen MR) is 140 cm³/mol. The van der Waals surface area contributed by atoms with Crippen LogP contribution in [0.1, 0.15) is 52.7 Å². The molecule has 1 aromatic heterocycles. The molecule has 0 radical (unpaired) electrons. The number of aromatic nitrogens is 1. The van der Waals surface area contributed by atoms with E-state index < -0.39 is 12.1 Å². The minimum absolute atomic E-state index is 0.0198. The molecular weight excluding hydrogens is 487 g/mol. The van der Waals surface area contributed by atoms with Gasteiger partial charge in [-0.2, -0.15) is 0 Å².